The van der Waals surface area contributed by atoms with E-state index in [1.807, 2.05) is 0 Å². The van der Waals surface area contributed by atoms with Gasteiger partial charge in [0, 0.05) is 12.5 Å². The number of likely N-dealkylation sites (N-methyl/N-ethyl adjacent to an activating group) is 1. The maximum absolute atomic E-state index is 2.20. The molecule has 1 aliphatic rings. The summed E-state index contributed by atoms with van der Waals surface area (Å²) >= 11 is 0. The van der Waals surface area contributed by atoms with Gasteiger partial charge in [-0.15, -0.1) is 0 Å². The average molecular weight is 136 g/mol. The van der Waals surface area contributed by atoms with Gasteiger partial charge in [0.2, 0.25) is 0 Å². The van der Waals surface area contributed by atoms with Crippen LogP contribution < -0.4 is 0 Å². The molecule has 0 saturated heterocycles. The van der Waals surface area contributed by atoms with Gasteiger partial charge >= 0.3 is 0 Å². The molecule has 0 heterocycles. The van der Waals surface area contributed by atoms with Gasteiger partial charge in [-0.2, -0.15) is 0 Å². The molecule has 0 aromatic rings. The van der Waals surface area contributed by atoms with Gasteiger partial charge in [0.15, 0.2) is 0 Å². The maximum Gasteiger partial charge on any atom is 0.0282 e. The largest absolute Gasteiger partial charge is 0.303 e. The van der Waals surface area contributed by atoms with Crippen molar-refractivity contribution in [2.75, 3.05) is 14.1 Å². The zero-order valence-corrected chi connectivity index (χ0v) is 6.83. The molecule has 0 aromatic carbocycles. The summed E-state index contributed by atoms with van der Waals surface area (Å²) in [5.74, 6) is 0. The summed E-state index contributed by atoms with van der Waals surface area (Å²) in [7, 11) is 4.19. The first-order valence-electron chi connectivity index (χ1n) is 3.60. The van der Waals surface area contributed by atoms with Crippen LogP contribution in [0.3, 0.4) is 0 Å². The lowest BCUT2D eigenvalue weighted by Gasteiger charge is -2.20. The van der Waals surface area contributed by atoms with Crippen LogP contribution in [0, 0.1) is 6.42 Å². The SMILES string of the molecule is C[C@H](C1=CC=C[CH]1)N(C)C. The number of nitrogens with zero attached hydrogens (tertiary/aromatic N) is 1. The third-order valence-corrected chi connectivity index (χ3v) is 1.95. The molecule has 0 aliphatic heterocycles. The van der Waals surface area contributed by atoms with Crippen LogP contribution in [0.15, 0.2) is 23.8 Å². The highest BCUT2D eigenvalue weighted by molar-refractivity contribution is 5.36. The van der Waals surface area contributed by atoms with Crippen molar-refractivity contribution < 1.29 is 0 Å². The quantitative estimate of drug-likeness (QED) is 0.557. The van der Waals surface area contributed by atoms with Gasteiger partial charge in [-0.1, -0.05) is 18.2 Å². The van der Waals surface area contributed by atoms with Crippen molar-refractivity contribution >= 4 is 0 Å². The maximum atomic E-state index is 2.20. The molecule has 0 saturated carbocycles. The van der Waals surface area contributed by atoms with Crippen LogP contribution in [0.25, 0.3) is 0 Å². The van der Waals surface area contributed by atoms with Crippen LogP contribution >= 0.6 is 0 Å². The summed E-state index contributed by atoms with van der Waals surface area (Å²) in [6.07, 6.45) is 8.47. The molecule has 0 bridgehead atoms. The molecule has 1 radical (unpaired) electrons. The monoisotopic (exact) mass is 136 g/mol. The minimum atomic E-state index is 0.537. The molecule has 0 aromatic heterocycles. The molecule has 10 heavy (non-hydrogen) atoms. The van der Waals surface area contributed by atoms with E-state index in [9.17, 15) is 0 Å². The van der Waals surface area contributed by atoms with Crippen LogP contribution in [0.2, 0.25) is 0 Å². The van der Waals surface area contributed by atoms with Crippen molar-refractivity contribution in [1.29, 1.82) is 0 Å². The standard InChI is InChI=1S/C9H14N/c1-8(10(2)3)9-6-4-5-7-9/h4-8H,1-3H3/t8-/m1/s1. The summed E-state index contributed by atoms with van der Waals surface area (Å²) in [5.41, 5.74) is 1.39. The second kappa shape index (κ2) is 3.02. The Morgan fingerprint density at radius 2 is 2.00 bits per heavy atom. The molecular weight excluding hydrogens is 122 g/mol. The fourth-order valence-corrected chi connectivity index (χ4v) is 0.966. The Morgan fingerprint density at radius 3 is 2.40 bits per heavy atom. The Kier molecular flexibility index (Phi) is 2.28. The van der Waals surface area contributed by atoms with Crippen molar-refractivity contribution in [3.05, 3.63) is 30.2 Å². The predicted molar refractivity (Wildman–Crippen MR) is 44.7 cm³/mol. The van der Waals surface area contributed by atoms with Crippen LogP contribution in [-0.2, 0) is 0 Å². The highest BCUT2D eigenvalue weighted by Crippen LogP contribution is 2.15. The van der Waals surface area contributed by atoms with Gasteiger partial charge in [0.1, 0.15) is 0 Å². The molecule has 0 fully saturated rings. The van der Waals surface area contributed by atoms with Crippen LogP contribution in [-0.4, -0.2) is 25.0 Å². The molecule has 1 nitrogen and oxygen atoms in total. The summed E-state index contributed by atoms with van der Waals surface area (Å²) in [6.45, 7) is 2.20. The number of rotatable bonds is 2. The van der Waals surface area contributed by atoms with E-state index in [2.05, 4.69) is 50.6 Å². The Morgan fingerprint density at radius 1 is 1.30 bits per heavy atom. The number of allylic oxidation sites excluding steroid dienone is 3. The first kappa shape index (κ1) is 7.55. The van der Waals surface area contributed by atoms with E-state index in [1.165, 1.54) is 5.57 Å². The molecule has 1 rings (SSSR count). The first-order valence-corrected chi connectivity index (χ1v) is 3.60. The highest BCUT2D eigenvalue weighted by Gasteiger charge is 2.10. The molecule has 0 unspecified atom stereocenters. The fourth-order valence-electron chi connectivity index (χ4n) is 0.966. The first-order chi connectivity index (χ1) is 4.72. The lowest BCUT2D eigenvalue weighted by molar-refractivity contribution is 0.353. The van der Waals surface area contributed by atoms with Gasteiger partial charge in [0.25, 0.3) is 0 Å². The van der Waals surface area contributed by atoms with E-state index in [-0.39, 0.29) is 0 Å². The van der Waals surface area contributed by atoms with E-state index < -0.39 is 0 Å². The smallest absolute Gasteiger partial charge is 0.0282 e. The zero-order chi connectivity index (χ0) is 7.56. The molecule has 55 valence electrons. The average Bonchev–Trinajstić information content (AvgIpc) is 2.36. The lowest BCUT2D eigenvalue weighted by Crippen LogP contribution is -2.26. The van der Waals surface area contributed by atoms with Crippen LogP contribution in [0.4, 0.5) is 0 Å². The fraction of sp³-hybridized carbons (Fsp3) is 0.444. The molecular formula is C9H14N. The van der Waals surface area contributed by atoms with Crippen molar-refractivity contribution in [2.24, 2.45) is 0 Å². The molecule has 0 N–H and O–H groups in total. The molecule has 1 aliphatic carbocycles. The van der Waals surface area contributed by atoms with Crippen molar-refractivity contribution in [3.8, 4) is 0 Å². The summed E-state index contributed by atoms with van der Waals surface area (Å²) < 4.78 is 0. The van der Waals surface area contributed by atoms with Crippen LogP contribution in [0.1, 0.15) is 6.92 Å². The Bertz CT molecular complexity index is 166. The Balaban J connectivity index is 2.50. The topological polar surface area (TPSA) is 3.24 Å². The zero-order valence-electron chi connectivity index (χ0n) is 6.83. The Labute approximate surface area is 63.0 Å². The van der Waals surface area contributed by atoms with E-state index in [1.54, 1.807) is 0 Å². The second-order valence-corrected chi connectivity index (χ2v) is 2.86. The predicted octanol–water partition coefficient (Wildman–Crippen LogP) is 1.64. The summed E-state index contributed by atoms with van der Waals surface area (Å²) in [5, 5.41) is 0. The minimum Gasteiger partial charge on any atom is -0.303 e. The van der Waals surface area contributed by atoms with E-state index in [0.717, 1.165) is 0 Å². The summed E-state index contributed by atoms with van der Waals surface area (Å²) in [6, 6.07) is 0.537. The normalized spacial score (nSPS) is 19.8. The third kappa shape index (κ3) is 1.48. The van der Waals surface area contributed by atoms with Gasteiger partial charge in [-0.3, -0.25) is 0 Å². The third-order valence-electron chi connectivity index (χ3n) is 1.95. The number of hydrogen-bond donors (Lipinski definition) is 0. The molecule has 1 atom stereocenters. The van der Waals surface area contributed by atoms with Gasteiger partial charge < -0.3 is 4.90 Å². The van der Waals surface area contributed by atoms with E-state index in [0.29, 0.717) is 6.04 Å². The lowest BCUT2D eigenvalue weighted by atomic mass is 10.1. The van der Waals surface area contributed by atoms with Gasteiger partial charge in [0.05, 0.1) is 0 Å². The molecule has 0 spiro atoms. The van der Waals surface area contributed by atoms with E-state index in [4.69, 9.17) is 0 Å². The molecule has 0 amide bonds. The van der Waals surface area contributed by atoms with Gasteiger partial charge in [-0.05, 0) is 26.6 Å². The van der Waals surface area contributed by atoms with Crippen molar-refractivity contribution in [2.45, 2.75) is 13.0 Å². The highest BCUT2D eigenvalue weighted by atomic mass is 15.1. The second-order valence-electron chi connectivity index (χ2n) is 2.86. The number of hydrogen-bond acceptors (Lipinski definition) is 1. The minimum absolute atomic E-state index is 0.537. The van der Waals surface area contributed by atoms with Crippen LogP contribution in [0.5, 0.6) is 0 Å². The van der Waals surface area contributed by atoms with E-state index >= 15 is 0 Å². The molecule has 1 heteroatoms. The van der Waals surface area contributed by atoms with Gasteiger partial charge in [-0.25, -0.2) is 0 Å². The van der Waals surface area contributed by atoms with Crippen molar-refractivity contribution in [1.82, 2.24) is 4.90 Å². The summed E-state index contributed by atoms with van der Waals surface area (Å²) in [4.78, 5) is 2.20. The Hall–Kier alpha value is -0.560. The van der Waals surface area contributed by atoms with Crippen molar-refractivity contribution in [3.63, 3.8) is 0 Å².